The van der Waals surface area contributed by atoms with E-state index in [-0.39, 0.29) is 0 Å². The van der Waals surface area contributed by atoms with Crippen LogP contribution in [-0.4, -0.2) is 34.1 Å². The smallest absolute Gasteiger partial charge is 0.159 e. The van der Waals surface area contributed by atoms with Crippen LogP contribution in [0.1, 0.15) is 52.7 Å². The molecule has 4 aromatic rings. The number of fused-ring (bicyclic) bond motifs is 1. The highest BCUT2D eigenvalue weighted by atomic mass is 15.4. The van der Waals surface area contributed by atoms with E-state index >= 15 is 0 Å². The lowest BCUT2D eigenvalue weighted by molar-refractivity contribution is 0.778. The second kappa shape index (κ2) is 5.70. The Kier molecular flexibility index (Phi) is 3.40. The number of nitrogens with zero attached hydrogens (tertiary/aromatic N) is 7. The quantitative estimate of drug-likeness (QED) is 0.561. The van der Waals surface area contributed by atoms with Crippen LogP contribution in [-0.2, 0) is 0 Å². The van der Waals surface area contributed by atoms with Crippen molar-refractivity contribution in [2.75, 3.05) is 0 Å². The summed E-state index contributed by atoms with van der Waals surface area (Å²) >= 11 is 0. The Balaban J connectivity index is 1.49. The lowest BCUT2D eigenvalue weighted by atomic mass is 10.2. The molecule has 0 unspecified atom stereocenters. The molecule has 2 atom stereocenters. The average Bonchev–Trinajstić information content (AvgIpc) is 3.18. The van der Waals surface area contributed by atoms with Crippen LogP contribution in [0.25, 0.3) is 11.5 Å². The molecule has 5 rings (SSSR count). The maximum absolute atomic E-state index is 4.86. The van der Waals surface area contributed by atoms with Crippen molar-refractivity contribution < 1.29 is 0 Å². The van der Waals surface area contributed by atoms with Gasteiger partial charge in [0.2, 0.25) is 0 Å². The van der Waals surface area contributed by atoms with Crippen LogP contribution in [0.5, 0.6) is 0 Å². The van der Waals surface area contributed by atoms with Crippen LogP contribution in [0.2, 0.25) is 0 Å². The van der Waals surface area contributed by atoms with E-state index in [0.29, 0.717) is 11.8 Å². The topological polar surface area (TPSA) is 73.8 Å². The number of hydrogen-bond acceptors (Lipinski definition) is 5. The molecule has 4 aromatic heterocycles. The molecule has 1 saturated carbocycles. The SMILES string of the molecule is Cc1nc([C@@H]2C[C@H]2c2cn3cccc(C)c3n2)cc(-n2nc(C)nc2C)n1. The molecule has 0 amide bonds. The van der Waals surface area contributed by atoms with Gasteiger partial charge >= 0.3 is 0 Å². The lowest BCUT2D eigenvalue weighted by Gasteiger charge is -2.06. The molecule has 0 aliphatic heterocycles. The summed E-state index contributed by atoms with van der Waals surface area (Å²) in [6.45, 7) is 7.85. The van der Waals surface area contributed by atoms with Crippen LogP contribution in [0.3, 0.4) is 0 Å². The van der Waals surface area contributed by atoms with E-state index in [1.54, 1.807) is 4.68 Å². The first-order valence-electron chi connectivity index (χ1n) is 9.20. The van der Waals surface area contributed by atoms with Crippen LogP contribution in [0.4, 0.5) is 0 Å². The Morgan fingerprint density at radius 1 is 0.926 bits per heavy atom. The van der Waals surface area contributed by atoms with E-state index < -0.39 is 0 Å². The van der Waals surface area contributed by atoms with Crippen molar-refractivity contribution in [3.8, 4) is 5.82 Å². The zero-order chi connectivity index (χ0) is 18.7. The number of hydrogen-bond donors (Lipinski definition) is 0. The normalized spacial score (nSPS) is 19.0. The van der Waals surface area contributed by atoms with Crippen molar-refractivity contribution >= 4 is 5.65 Å². The number of pyridine rings is 1. The van der Waals surface area contributed by atoms with Crippen LogP contribution >= 0.6 is 0 Å². The van der Waals surface area contributed by atoms with Crippen molar-refractivity contribution in [1.82, 2.24) is 34.1 Å². The summed E-state index contributed by atoms with van der Waals surface area (Å²) in [5.74, 6) is 3.90. The minimum absolute atomic E-state index is 0.376. The summed E-state index contributed by atoms with van der Waals surface area (Å²) < 4.78 is 3.90. The van der Waals surface area contributed by atoms with Gasteiger partial charge in [-0.2, -0.15) is 4.68 Å². The predicted octanol–water partition coefficient (Wildman–Crippen LogP) is 3.21. The van der Waals surface area contributed by atoms with E-state index in [4.69, 9.17) is 9.97 Å². The Bertz CT molecular complexity index is 1170. The van der Waals surface area contributed by atoms with Gasteiger partial charge in [0.15, 0.2) is 5.82 Å². The zero-order valence-electron chi connectivity index (χ0n) is 15.9. The van der Waals surface area contributed by atoms with Gasteiger partial charge in [-0.1, -0.05) is 6.07 Å². The van der Waals surface area contributed by atoms with Gasteiger partial charge in [0.05, 0.1) is 11.4 Å². The van der Waals surface area contributed by atoms with Crippen LogP contribution < -0.4 is 0 Å². The average molecular weight is 359 g/mol. The predicted molar refractivity (Wildman–Crippen MR) is 101 cm³/mol. The molecule has 1 aliphatic carbocycles. The van der Waals surface area contributed by atoms with Crippen LogP contribution in [0.15, 0.2) is 30.6 Å². The molecule has 0 N–H and O–H groups in total. The molecule has 7 heteroatoms. The Hall–Kier alpha value is -3.09. The third-order valence-corrected chi connectivity index (χ3v) is 5.18. The fourth-order valence-electron chi connectivity index (χ4n) is 3.81. The van der Waals surface area contributed by atoms with Gasteiger partial charge in [-0.3, -0.25) is 0 Å². The second-order valence-corrected chi connectivity index (χ2v) is 7.35. The molecule has 0 radical (unpaired) electrons. The lowest BCUT2D eigenvalue weighted by Crippen LogP contribution is -2.06. The van der Waals surface area contributed by atoms with E-state index in [1.165, 1.54) is 5.56 Å². The van der Waals surface area contributed by atoms with Gasteiger partial charge in [0.1, 0.15) is 23.1 Å². The van der Waals surface area contributed by atoms with E-state index in [2.05, 4.69) is 50.9 Å². The highest BCUT2D eigenvalue weighted by molar-refractivity contribution is 5.49. The minimum Gasteiger partial charge on any atom is -0.307 e. The van der Waals surface area contributed by atoms with Crippen molar-refractivity contribution in [2.45, 2.75) is 46.0 Å². The van der Waals surface area contributed by atoms with Crippen molar-refractivity contribution in [3.63, 3.8) is 0 Å². The maximum Gasteiger partial charge on any atom is 0.159 e. The molecule has 136 valence electrons. The summed E-state index contributed by atoms with van der Waals surface area (Å²) in [5.41, 5.74) is 4.42. The molecular weight excluding hydrogens is 338 g/mol. The summed E-state index contributed by atoms with van der Waals surface area (Å²) in [6, 6.07) is 6.19. The third kappa shape index (κ3) is 2.70. The molecular formula is C20H21N7. The molecule has 4 heterocycles. The first kappa shape index (κ1) is 16.1. The fraction of sp³-hybridized carbons (Fsp3) is 0.350. The first-order valence-corrected chi connectivity index (χ1v) is 9.20. The van der Waals surface area contributed by atoms with Crippen molar-refractivity contribution in [1.29, 1.82) is 0 Å². The van der Waals surface area contributed by atoms with Gasteiger partial charge in [-0.15, -0.1) is 5.10 Å². The monoisotopic (exact) mass is 359 g/mol. The van der Waals surface area contributed by atoms with Gasteiger partial charge in [-0.25, -0.2) is 19.9 Å². The number of aryl methyl sites for hydroxylation is 4. The number of aromatic nitrogens is 7. The number of rotatable bonds is 3. The fourth-order valence-corrected chi connectivity index (χ4v) is 3.81. The third-order valence-electron chi connectivity index (χ3n) is 5.18. The Morgan fingerprint density at radius 3 is 2.48 bits per heavy atom. The van der Waals surface area contributed by atoms with E-state index in [0.717, 1.165) is 46.7 Å². The van der Waals surface area contributed by atoms with Gasteiger partial charge < -0.3 is 4.40 Å². The van der Waals surface area contributed by atoms with Gasteiger partial charge in [-0.05, 0) is 45.7 Å². The largest absolute Gasteiger partial charge is 0.307 e. The maximum atomic E-state index is 4.86. The zero-order valence-corrected chi connectivity index (χ0v) is 15.9. The highest BCUT2D eigenvalue weighted by Gasteiger charge is 2.42. The molecule has 27 heavy (non-hydrogen) atoms. The highest BCUT2D eigenvalue weighted by Crippen LogP contribution is 2.53. The van der Waals surface area contributed by atoms with Crippen molar-refractivity contribution in [3.05, 3.63) is 65.0 Å². The minimum atomic E-state index is 0.376. The molecule has 0 saturated heterocycles. The van der Waals surface area contributed by atoms with E-state index in [1.807, 2.05) is 26.8 Å². The molecule has 0 spiro atoms. The first-order chi connectivity index (χ1) is 13.0. The van der Waals surface area contributed by atoms with Gasteiger partial charge in [0.25, 0.3) is 0 Å². The van der Waals surface area contributed by atoms with Gasteiger partial charge in [0, 0.05) is 30.3 Å². The number of imidazole rings is 1. The summed E-state index contributed by atoms with van der Waals surface area (Å²) in [4.78, 5) is 18.5. The van der Waals surface area contributed by atoms with Crippen LogP contribution in [0, 0.1) is 27.7 Å². The summed E-state index contributed by atoms with van der Waals surface area (Å²) in [5, 5.41) is 4.46. The molecule has 0 aromatic carbocycles. The molecule has 7 nitrogen and oxygen atoms in total. The Labute approximate surface area is 157 Å². The molecule has 1 aliphatic rings. The molecule has 1 fully saturated rings. The summed E-state index contributed by atoms with van der Waals surface area (Å²) in [6.07, 6.45) is 5.26. The Morgan fingerprint density at radius 2 is 1.74 bits per heavy atom. The standard InChI is InChI=1S/C20H21N7/c1-11-6-5-7-26-10-18(24-20(11)26)16-8-15(16)17-9-19(23-12(2)22-17)27-14(4)21-13(3)25-27/h5-7,9-10,15-16H,8H2,1-4H3/t15-,16-/m1/s1. The van der Waals surface area contributed by atoms with Crippen molar-refractivity contribution in [2.24, 2.45) is 0 Å². The molecule has 0 bridgehead atoms. The van der Waals surface area contributed by atoms with E-state index in [9.17, 15) is 0 Å². The second-order valence-electron chi connectivity index (χ2n) is 7.35. The summed E-state index contributed by atoms with van der Waals surface area (Å²) in [7, 11) is 0.